The molecule has 2 heterocycles. The molecular weight excluding hydrogens is 238 g/mol. The Morgan fingerprint density at radius 1 is 1.50 bits per heavy atom. The van der Waals surface area contributed by atoms with Crippen molar-refractivity contribution in [3.05, 3.63) is 23.5 Å². The van der Waals surface area contributed by atoms with Crippen molar-refractivity contribution in [3.8, 4) is 0 Å². The Kier molecular flexibility index (Phi) is 2.97. The second kappa shape index (κ2) is 4.44. The van der Waals surface area contributed by atoms with Crippen molar-refractivity contribution in [1.82, 2.24) is 10.3 Å². The maximum Gasteiger partial charge on any atom is 0.337 e. The number of urea groups is 1. The molecule has 2 rings (SSSR count). The van der Waals surface area contributed by atoms with Crippen LogP contribution in [-0.2, 0) is 4.79 Å². The van der Waals surface area contributed by atoms with Gasteiger partial charge in [-0.3, -0.25) is 20.0 Å². The molecular formula is C11H11N3O4. The highest BCUT2D eigenvalue weighted by molar-refractivity contribution is 6.06. The van der Waals surface area contributed by atoms with Gasteiger partial charge in [-0.25, -0.2) is 9.59 Å². The average Bonchev–Trinajstić information content (AvgIpc) is 2.30. The number of aryl methyl sites for hydroxylation is 1. The van der Waals surface area contributed by atoms with Crippen LogP contribution < -0.4 is 10.2 Å². The van der Waals surface area contributed by atoms with Crippen LogP contribution in [-0.4, -0.2) is 34.5 Å². The summed E-state index contributed by atoms with van der Waals surface area (Å²) in [4.78, 5) is 38.8. The summed E-state index contributed by atoms with van der Waals surface area (Å²) in [5, 5.41) is 11.1. The van der Waals surface area contributed by atoms with Crippen molar-refractivity contribution in [3.63, 3.8) is 0 Å². The number of rotatable bonds is 2. The van der Waals surface area contributed by atoms with Gasteiger partial charge in [0, 0.05) is 19.2 Å². The Hall–Kier alpha value is -2.44. The number of hydrogen-bond donors (Lipinski definition) is 2. The maximum absolute atomic E-state index is 11.7. The number of aromatic carboxylic acids is 1. The third-order valence-corrected chi connectivity index (χ3v) is 2.65. The molecule has 94 valence electrons. The normalized spacial score (nSPS) is 15.5. The van der Waals surface area contributed by atoms with Gasteiger partial charge in [-0.05, 0) is 13.0 Å². The second-order valence-electron chi connectivity index (χ2n) is 3.89. The lowest BCUT2D eigenvalue weighted by molar-refractivity contribution is -0.120. The van der Waals surface area contributed by atoms with Crippen LogP contribution in [0.5, 0.6) is 0 Å². The molecule has 0 spiro atoms. The number of hydrogen-bond acceptors (Lipinski definition) is 4. The summed E-state index contributed by atoms with van der Waals surface area (Å²) >= 11 is 0. The van der Waals surface area contributed by atoms with Crippen LogP contribution in [0.1, 0.15) is 22.5 Å². The van der Waals surface area contributed by atoms with E-state index in [9.17, 15) is 14.4 Å². The summed E-state index contributed by atoms with van der Waals surface area (Å²) in [6, 6.07) is 0.818. The van der Waals surface area contributed by atoms with E-state index in [-0.39, 0.29) is 24.4 Å². The lowest BCUT2D eigenvalue weighted by Crippen LogP contribution is -2.49. The summed E-state index contributed by atoms with van der Waals surface area (Å²) in [5.74, 6) is -1.45. The average molecular weight is 249 g/mol. The minimum Gasteiger partial charge on any atom is -0.478 e. The molecule has 0 atom stereocenters. The van der Waals surface area contributed by atoms with Crippen LogP contribution >= 0.6 is 0 Å². The van der Waals surface area contributed by atoms with Gasteiger partial charge in [-0.2, -0.15) is 0 Å². The lowest BCUT2D eigenvalue weighted by atomic mass is 10.2. The Balaban J connectivity index is 2.38. The fourth-order valence-electron chi connectivity index (χ4n) is 1.71. The summed E-state index contributed by atoms with van der Waals surface area (Å²) < 4.78 is 0. The topological polar surface area (TPSA) is 99.6 Å². The minimum absolute atomic E-state index is 0.000278. The molecule has 3 amide bonds. The highest BCUT2D eigenvalue weighted by Gasteiger charge is 2.26. The first kappa shape index (κ1) is 12.0. The third kappa shape index (κ3) is 2.15. The number of nitrogens with one attached hydrogen (secondary N) is 1. The molecule has 1 fully saturated rings. The van der Waals surface area contributed by atoms with E-state index >= 15 is 0 Å². The molecule has 0 radical (unpaired) electrons. The molecule has 1 saturated heterocycles. The van der Waals surface area contributed by atoms with Crippen molar-refractivity contribution in [2.45, 2.75) is 13.3 Å². The molecule has 1 aromatic heterocycles. The molecule has 1 aliphatic heterocycles. The fourth-order valence-corrected chi connectivity index (χ4v) is 1.71. The van der Waals surface area contributed by atoms with Gasteiger partial charge in [0.05, 0.1) is 16.9 Å². The van der Waals surface area contributed by atoms with Crippen LogP contribution in [0.25, 0.3) is 0 Å². The van der Waals surface area contributed by atoms with Gasteiger partial charge in [-0.15, -0.1) is 0 Å². The number of carbonyl (C=O) groups excluding carboxylic acids is 2. The quantitative estimate of drug-likeness (QED) is 0.796. The van der Waals surface area contributed by atoms with E-state index in [1.54, 1.807) is 6.92 Å². The van der Waals surface area contributed by atoms with Gasteiger partial charge < -0.3 is 5.11 Å². The first-order valence-electron chi connectivity index (χ1n) is 5.30. The van der Waals surface area contributed by atoms with Crippen molar-refractivity contribution in [2.75, 3.05) is 11.4 Å². The second-order valence-corrected chi connectivity index (χ2v) is 3.89. The Morgan fingerprint density at radius 2 is 2.22 bits per heavy atom. The lowest BCUT2D eigenvalue weighted by Gasteiger charge is -2.27. The molecule has 1 aromatic rings. The number of carbonyl (C=O) groups is 3. The number of nitrogens with zero attached hydrogens (tertiary/aromatic N) is 2. The van der Waals surface area contributed by atoms with Crippen LogP contribution in [0.4, 0.5) is 10.5 Å². The van der Waals surface area contributed by atoms with Crippen molar-refractivity contribution in [1.29, 1.82) is 0 Å². The molecule has 7 heteroatoms. The van der Waals surface area contributed by atoms with Crippen LogP contribution in [0, 0.1) is 6.92 Å². The molecule has 7 nitrogen and oxygen atoms in total. The number of carboxylic acids is 1. The first-order valence-corrected chi connectivity index (χ1v) is 5.30. The maximum atomic E-state index is 11.7. The van der Waals surface area contributed by atoms with Crippen LogP contribution in [0.2, 0.25) is 0 Å². The van der Waals surface area contributed by atoms with E-state index in [2.05, 4.69) is 10.3 Å². The van der Waals surface area contributed by atoms with Gasteiger partial charge in [0.15, 0.2) is 0 Å². The Bertz CT molecular complexity index is 541. The summed E-state index contributed by atoms with van der Waals surface area (Å²) in [6.45, 7) is 1.89. The minimum atomic E-state index is -1.11. The van der Waals surface area contributed by atoms with E-state index in [0.717, 1.165) is 0 Å². The van der Waals surface area contributed by atoms with Crippen molar-refractivity contribution in [2.24, 2.45) is 0 Å². The summed E-state index contributed by atoms with van der Waals surface area (Å²) in [5.41, 5.74) is 0.935. The number of carboxylic acid groups (broad SMARTS) is 1. The highest BCUT2D eigenvalue weighted by Crippen LogP contribution is 2.21. The van der Waals surface area contributed by atoms with E-state index < -0.39 is 12.0 Å². The fraction of sp³-hybridized carbons (Fsp3) is 0.273. The zero-order chi connectivity index (χ0) is 13.3. The molecule has 1 aliphatic rings. The zero-order valence-electron chi connectivity index (χ0n) is 9.64. The number of imide groups is 1. The molecule has 0 aromatic carbocycles. The highest BCUT2D eigenvalue weighted by atomic mass is 16.4. The van der Waals surface area contributed by atoms with Gasteiger partial charge >= 0.3 is 12.0 Å². The van der Waals surface area contributed by atoms with Gasteiger partial charge in [0.1, 0.15) is 0 Å². The molecule has 0 bridgehead atoms. The molecule has 18 heavy (non-hydrogen) atoms. The van der Waals surface area contributed by atoms with E-state index in [0.29, 0.717) is 11.4 Å². The Morgan fingerprint density at radius 3 is 2.83 bits per heavy atom. The van der Waals surface area contributed by atoms with Gasteiger partial charge in [0.25, 0.3) is 0 Å². The van der Waals surface area contributed by atoms with Gasteiger partial charge in [0.2, 0.25) is 5.91 Å². The van der Waals surface area contributed by atoms with E-state index in [4.69, 9.17) is 5.11 Å². The smallest absolute Gasteiger partial charge is 0.337 e. The molecule has 0 unspecified atom stereocenters. The predicted octanol–water partition coefficient (Wildman–Crippen LogP) is 0.535. The van der Waals surface area contributed by atoms with Crippen LogP contribution in [0.15, 0.2) is 12.3 Å². The van der Waals surface area contributed by atoms with Crippen LogP contribution in [0.3, 0.4) is 0 Å². The molecule has 0 aliphatic carbocycles. The zero-order valence-corrected chi connectivity index (χ0v) is 9.64. The SMILES string of the molecule is Cc1ncc(C(=O)O)cc1N1CCC(=O)NC1=O. The van der Waals surface area contributed by atoms with Gasteiger partial charge in [-0.1, -0.05) is 0 Å². The molecule has 2 N–H and O–H groups in total. The first-order chi connectivity index (χ1) is 8.49. The molecule has 0 saturated carbocycles. The largest absolute Gasteiger partial charge is 0.478 e. The number of aromatic nitrogens is 1. The standard InChI is InChI=1S/C11H11N3O4/c1-6-8(4-7(5-12-6)10(16)17)14-3-2-9(15)13-11(14)18/h4-5H,2-3H2,1H3,(H,16,17)(H,13,15,18). The third-order valence-electron chi connectivity index (χ3n) is 2.65. The van der Waals surface area contributed by atoms with E-state index in [1.165, 1.54) is 17.2 Å². The predicted molar refractivity (Wildman–Crippen MR) is 61.4 cm³/mol. The number of amides is 3. The van der Waals surface area contributed by atoms with Crippen molar-refractivity contribution >= 4 is 23.6 Å². The van der Waals surface area contributed by atoms with Crippen molar-refractivity contribution < 1.29 is 19.5 Å². The summed E-state index contributed by atoms with van der Waals surface area (Å²) in [7, 11) is 0. The monoisotopic (exact) mass is 249 g/mol. The Labute approximate surface area is 102 Å². The van der Waals surface area contributed by atoms with E-state index in [1.807, 2.05) is 0 Å². The summed E-state index contributed by atoms with van der Waals surface area (Å²) in [6.07, 6.45) is 1.41. The number of anilines is 1. The number of pyridine rings is 1.